The summed E-state index contributed by atoms with van der Waals surface area (Å²) in [5.41, 5.74) is 1.58. The number of ether oxygens (including phenoxy) is 2. The molecule has 250 valence electrons. The van der Waals surface area contributed by atoms with Crippen LogP contribution in [0.15, 0.2) is 29.4 Å². The molecule has 2 fully saturated rings. The van der Waals surface area contributed by atoms with Crippen LogP contribution in [0.4, 0.5) is 14.6 Å². The lowest BCUT2D eigenvalue weighted by Crippen LogP contribution is -2.20. The second-order valence-electron chi connectivity index (χ2n) is 10.1. The van der Waals surface area contributed by atoms with Crippen LogP contribution in [0.3, 0.4) is 0 Å². The zero-order valence-corrected chi connectivity index (χ0v) is 28.3. The van der Waals surface area contributed by atoms with Crippen LogP contribution in [0.5, 0.6) is 0 Å². The summed E-state index contributed by atoms with van der Waals surface area (Å²) in [6.07, 6.45) is 6.47. The minimum Gasteiger partial charge on any atom is -0.394 e. The maximum absolute atomic E-state index is 11.9. The van der Waals surface area contributed by atoms with Crippen molar-refractivity contribution in [3.8, 4) is 0 Å². The lowest BCUT2D eigenvalue weighted by molar-refractivity contribution is -0.155. The van der Waals surface area contributed by atoms with E-state index < -0.39 is 17.4 Å². The Hall–Kier alpha value is -2.45. The average molecular weight is 643 g/mol. The first-order chi connectivity index (χ1) is 21.1. The topological polar surface area (TPSA) is 127 Å². The third-order valence-corrected chi connectivity index (χ3v) is 7.18. The molecular formula is C31H52F2N6O4S. The van der Waals surface area contributed by atoms with Crippen molar-refractivity contribution < 1.29 is 28.5 Å². The molecule has 5 rings (SSSR count). The van der Waals surface area contributed by atoms with Crippen LogP contribution in [0.1, 0.15) is 93.0 Å². The van der Waals surface area contributed by atoms with Gasteiger partial charge in [-0.05, 0) is 64.5 Å². The third kappa shape index (κ3) is 14.1. The predicted molar refractivity (Wildman–Crippen MR) is 173 cm³/mol. The molecule has 2 saturated carbocycles. The Labute approximate surface area is 265 Å². The molecule has 13 heteroatoms. The van der Waals surface area contributed by atoms with Crippen molar-refractivity contribution >= 4 is 28.7 Å². The van der Waals surface area contributed by atoms with Crippen LogP contribution in [-0.2, 0) is 9.47 Å². The van der Waals surface area contributed by atoms with Gasteiger partial charge in [-0.25, -0.2) is 23.4 Å². The number of rotatable bonds is 10. The first kappa shape index (κ1) is 39.6. The molecule has 2 heterocycles. The van der Waals surface area contributed by atoms with E-state index in [1.165, 1.54) is 32.1 Å². The van der Waals surface area contributed by atoms with E-state index in [1.807, 2.05) is 32.4 Å². The molecule has 10 nitrogen and oxygen atoms in total. The Balaban J connectivity index is 0.000000443. The van der Waals surface area contributed by atoms with Gasteiger partial charge in [0.25, 0.3) is 0 Å². The molecule has 2 unspecified atom stereocenters. The molecule has 44 heavy (non-hydrogen) atoms. The first-order valence-electron chi connectivity index (χ1n) is 15.6. The number of nitrogens with one attached hydrogen (secondary N) is 1. The number of hydrogen-bond acceptors (Lipinski definition) is 10. The standard InChI is InChI=1S/C17H26N6O2S.C6H4F2.C4H10O2.2C2H6/c1-2-9-26-17-19-15(18-11-3-4-11)14-16(20-17)23(22-21-14)12-5-6-13(10-12)25-8-7-24;7-5-3-1-2-4-6(5)8;1-4(2,5)6-3;2*1-2/h11-13,24H,2-10H2,1H3,(H,18,19,20);1-4H;5H,1-3H3;2*1-2H3. The zero-order valence-electron chi connectivity index (χ0n) is 27.5. The number of thioether (sulfide) groups is 1. The quantitative estimate of drug-likeness (QED) is 0.124. The first-order valence-corrected chi connectivity index (χ1v) is 16.6. The SMILES string of the molecule is CC.CC.CCCSc1nc(NC2CC2)c2nnn(C3CCC(OCCO)C3)c2n1.COC(C)(C)O.Fc1ccccc1F. The fourth-order valence-corrected chi connectivity index (χ4v) is 4.48. The minimum atomic E-state index is -0.958. The Kier molecular flexibility index (Phi) is 19.2. The fraction of sp³-hybridized carbons (Fsp3) is 0.677. The highest BCUT2D eigenvalue weighted by atomic mass is 32.2. The van der Waals surface area contributed by atoms with Gasteiger partial charge in [0.05, 0.1) is 25.4 Å². The molecule has 0 bridgehead atoms. The van der Waals surface area contributed by atoms with Crippen molar-refractivity contribution in [1.29, 1.82) is 0 Å². The van der Waals surface area contributed by atoms with Crippen LogP contribution >= 0.6 is 11.8 Å². The third-order valence-electron chi connectivity index (χ3n) is 6.13. The number of nitrogens with zero attached hydrogens (tertiary/aromatic N) is 5. The summed E-state index contributed by atoms with van der Waals surface area (Å²) in [6, 6.07) is 5.78. The molecule has 0 radical (unpaired) electrons. The van der Waals surface area contributed by atoms with Gasteiger partial charge in [-0.2, -0.15) is 0 Å². The van der Waals surface area contributed by atoms with Gasteiger partial charge in [-0.15, -0.1) is 5.10 Å². The summed E-state index contributed by atoms with van der Waals surface area (Å²) < 4.78 is 36.0. The maximum Gasteiger partial charge on any atom is 0.191 e. The molecule has 1 aromatic carbocycles. The number of aliphatic hydroxyl groups is 2. The van der Waals surface area contributed by atoms with Crippen molar-refractivity contribution in [2.75, 3.05) is 31.4 Å². The molecular weight excluding hydrogens is 590 g/mol. The van der Waals surface area contributed by atoms with Gasteiger partial charge in [0.15, 0.2) is 39.6 Å². The number of anilines is 1. The molecule has 3 aromatic rings. The van der Waals surface area contributed by atoms with Gasteiger partial charge in [-0.3, -0.25) is 0 Å². The summed E-state index contributed by atoms with van der Waals surface area (Å²) in [5.74, 6) is -0.746. The second kappa shape index (κ2) is 21.3. The Morgan fingerprint density at radius 1 is 1.05 bits per heavy atom. The lowest BCUT2D eigenvalue weighted by atomic mass is 10.2. The van der Waals surface area contributed by atoms with Crippen molar-refractivity contribution in [1.82, 2.24) is 25.0 Å². The monoisotopic (exact) mass is 642 g/mol. The van der Waals surface area contributed by atoms with Crippen molar-refractivity contribution in [2.45, 2.75) is 116 Å². The van der Waals surface area contributed by atoms with E-state index in [0.29, 0.717) is 12.6 Å². The lowest BCUT2D eigenvalue weighted by Gasteiger charge is -2.13. The summed E-state index contributed by atoms with van der Waals surface area (Å²) in [7, 11) is 1.46. The van der Waals surface area contributed by atoms with E-state index in [9.17, 15) is 8.78 Å². The number of aromatic nitrogens is 5. The molecule has 2 atom stereocenters. The van der Waals surface area contributed by atoms with Gasteiger partial charge in [0.2, 0.25) is 0 Å². The van der Waals surface area contributed by atoms with Gasteiger partial charge < -0.3 is 25.0 Å². The van der Waals surface area contributed by atoms with Crippen LogP contribution in [0, 0.1) is 11.6 Å². The van der Waals surface area contributed by atoms with E-state index in [2.05, 4.69) is 32.3 Å². The molecule has 0 saturated heterocycles. The van der Waals surface area contributed by atoms with Gasteiger partial charge in [0, 0.05) is 18.9 Å². The van der Waals surface area contributed by atoms with Crippen LogP contribution < -0.4 is 5.32 Å². The zero-order chi connectivity index (χ0) is 33.1. The highest BCUT2D eigenvalue weighted by molar-refractivity contribution is 7.99. The number of hydrogen-bond donors (Lipinski definition) is 3. The predicted octanol–water partition coefficient (Wildman–Crippen LogP) is 6.78. The largest absolute Gasteiger partial charge is 0.394 e. The summed E-state index contributed by atoms with van der Waals surface area (Å²) in [4.78, 5) is 9.45. The van der Waals surface area contributed by atoms with Crippen LogP contribution in [-0.4, -0.2) is 79.2 Å². The summed E-state index contributed by atoms with van der Waals surface area (Å²) >= 11 is 1.68. The van der Waals surface area contributed by atoms with E-state index >= 15 is 0 Å². The van der Waals surface area contributed by atoms with Gasteiger partial charge in [-0.1, -0.05) is 63.7 Å². The number of fused-ring (bicyclic) bond motifs is 1. The van der Waals surface area contributed by atoms with Crippen molar-refractivity contribution in [3.63, 3.8) is 0 Å². The summed E-state index contributed by atoms with van der Waals surface area (Å²) in [5, 5.41) is 30.6. The second-order valence-corrected chi connectivity index (χ2v) is 11.1. The number of halogens is 2. The van der Waals surface area contributed by atoms with E-state index in [1.54, 1.807) is 25.6 Å². The Morgan fingerprint density at radius 3 is 2.16 bits per heavy atom. The Morgan fingerprint density at radius 2 is 1.66 bits per heavy atom. The molecule has 2 aliphatic rings. The van der Waals surface area contributed by atoms with Crippen LogP contribution in [0.2, 0.25) is 0 Å². The average Bonchev–Trinajstić information content (AvgIpc) is 3.55. The van der Waals surface area contributed by atoms with E-state index in [4.69, 9.17) is 19.9 Å². The van der Waals surface area contributed by atoms with Crippen LogP contribution in [0.25, 0.3) is 11.2 Å². The van der Waals surface area contributed by atoms with Crippen molar-refractivity contribution in [2.24, 2.45) is 0 Å². The molecule has 0 aliphatic heterocycles. The van der Waals surface area contributed by atoms with E-state index in [0.717, 1.165) is 65.7 Å². The highest BCUT2D eigenvalue weighted by Gasteiger charge is 2.30. The number of benzene rings is 1. The molecule has 0 spiro atoms. The highest BCUT2D eigenvalue weighted by Crippen LogP contribution is 2.35. The number of methoxy groups -OCH3 is 1. The normalized spacial score (nSPS) is 17.2. The van der Waals surface area contributed by atoms with Gasteiger partial charge in [0.1, 0.15) is 0 Å². The minimum absolute atomic E-state index is 0.0643. The van der Waals surface area contributed by atoms with E-state index in [-0.39, 0.29) is 18.8 Å². The molecule has 2 aliphatic carbocycles. The molecule has 0 amide bonds. The fourth-order valence-electron chi connectivity index (χ4n) is 3.79. The van der Waals surface area contributed by atoms with Gasteiger partial charge >= 0.3 is 0 Å². The van der Waals surface area contributed by atoms with Crippen molar-refractivity contribution in [3.05, 3.63) is 35.9 Å². The summed E-state index contributed by atoms with van der Waals surface area (Å²) in [6.45, 7) is 13.8. The molecule has 2 aromatic heterocycles. The number of aliphatic hydroxyl groups excluding tert-OH is 1. The maximum atomic E-state index is 11.9. The molecule has 3 N–H and O–H groups in total. The smallest absolute Gasteiger partial charge is 0.191 e. The Bertz CT molecular complexity index is 1170.